The standard InChI is InChI=1S/C27H18O4/c1-16-10-12-17(13-11-16)21-14-18(25(29)19-6-2-4-8-23(19)28)15-22-26(30)20-7-3-5-9-24(20)31-27(21)22/h2-15,28H,1H3. The first-order valence-electron chi connectivity index (χ1n) is 9.92. The Bertz CT molecular complexity index is 1530. The molecule has 0 fully saturated rings. The quantitative estimate of drug-likeness (QED) is 0.301. The number of fused-ring (bicyclic) bond motifs is 2. The van der Waals surface area contributed by atoms with E-state index in [0.717, 1.165) is 11.1 Å². The number of aromatic hydroxyl groups is 1. The van der Waals surface area contributed by atoms with Gasteiger partial charge >= 0.3 is 0 Å². The predicted octanol–water partition coefficient (Wildman–Crippen LogP) is 5.86. The van der Waals surface area contributed by atoms with Crippen LogP contribution in [0.3, 0.4) is 0 Å². The van der Waals surface area contributed by atoms with Gasteiger partial charge in [-0.15, -0.1) is 0 Å². The highest BCUT2D eigenvalue weighted by atomic mass is 16.3. The van der Waals surface area contributed by atoms with E-state index in [-0.39, 0.29) is 22.5 Å². The van der Waals surface area contributed by atoms with Crippen LogP contribution >= 0.6 is 0 Å². The number of benzene rings is 4. The molecule has 0 atom stereocenters. The van der Waals surface area contributed by atoms with Crippen molar-refractivity contribution >= 4 is 27.7 Å². The average molecular weight is 406 g/mol. The Balaban J connectivity index is 1.86. The molecule has 0 radical (unpaired) electrons. The molecule has 31 heavy (non-hydrogen) atoms. The van der Waals surface area contributed by atoms with E-state index in [2.05, 4.69) is 0 Å². The van der Waals surface area contributed by atoms with E-state index in [4.69, 9.17) is 4.42 Å². The monoisotopic (exact) mass is 406 g/mol. The van der Waals surface area contributed by atoms with Gasteiger partial charge in [0.1, 0.15) is 16.9 Å². The highest BCUT2D eigenvalue weighted by Crippen LogP contribution is 2.33. The molecule has 0 amide bonds. The first kappa shape index (κ1) is 18.8. The van der Waals surface area contributed by atoms with Crippen LogP contribution in [0.25, 0.3) is 33.1 Å². The molecule has 0 aliphatic carbocycles. The Kier molecular flexibility index (Phi) is 4.41. The van der Waals surface area contributed by atoms with E-state index >= 15 is 0 Å². The van der Waals surface area contributed by atoms with Crippen LogP contribution < -0.4 is 5.43 Å². The Morgan fingerprint density at radius 3 is 2.32 bits per heavy atom. The SMILES string of the molecule is Cc1ccc(-c2cc(C(=O)c3ccccc3O)cc3c(=O)c4ccccc4oc23)cc1. The molecule has 1 heterocycles. The summed E-state index contributed by atoms with van der Waals surface area (Å²) in [5, 5.41) is 11.0. The van der Waals surface area contributed by atoms with Crippen molar-refractivity contribution in [1.29, 1.82) is 0 Å². The Hall–Kier alpha value is -4.18. The van der Waals surface area contributed by atoms with E-state index in [1.54, 1.807) is 48.5 Å². The fraction of sp³-hybridized carbons (Fsp3) is 0.0370. The number of ketones is 1. The van der Waals surface area contributed by atoms with Gasteiger partial charge in [-0.25, -0.2) is 0 Å². The van der Waals surface area contributed by atoms with Crippen molar-refractivity contribution in [3.8, 4) is 16.9 Å². The Morgan fingerprint density at radius 1 is 0.839 bits per heavy atom. The first-order valence-corrected chi connectivity index (χ1v) is 9.92. The van der Waals surface area contributed by atoms with Crippen LogP contribution in [0.5, 0.6) is 5.75 Å². The zero-order valence-electron chi connectivity index (χ0n) is 16.8. The van der Waals surface area contributed by atoms with Gasteiger partial charge in [0.2, 0.25) is 5.43 Å². The van der Waals surface area contributed by atoms with E-state index in [9.17, 15) is 14.7 Å². The van der Waals surface area contributed by atoms with Crippen LogP contribution in [0.2, 0.25) is 0 Å². The number of phenols is 1. The van der Waals surface area contributed by atoms with Gasteiger partial charge in [0.25, 0.3) is 0 Å². The van der Waals surface area contributed by atoms with Crippen LogP contribution in [0.4, 0.5) is 0 Å². The smallest absolute Gasteiger partial charge is 0.200 e. The van der Waals surface area contributed by atoms with Gasteiger partial charge in [-0.05, 0) is 48.9 Å². The second-order valence-corrected chi connectivity index (χ2v) is 7.54. The molecule has 4 heteroatoms. The molecule has 5 aromatic rings. The number of phenolic OH excluding ortho intramolecular Hbond substituents is 1. The second-order valence-electron chi connectivity index (χ2n) is 7.54. The normalized spacial score (nSPS) is 11.1. The lowest BCUT2D eigenvalue weighted by atomic mass is 9.94. The molecule has 0 aliphatic heterocycles. The van der Waals surface area contributed by atoms with Crippen LogP contribution in [0.1, 0.15) is 21.5 Å². The third kappa shape index (κ3) is 3.19. The lowest BCUT2D eigenvalue weighted by molar-refractivity contribution is 0.103. The summed E-state index contributed by atoms with van der Waals surface area (Å²) in [6, 6.07) is 24.5. The van der Waals surface area contributed by atoms with Crippen LogP contribution in [-0.2, 0) is 0 Å². The molecule has 0 saturated carbocycles. The second kappa shape index (κ2) is 7.26. The zero-order valence-corrected chi connectivity index (χ0v) is 16.8. The zero-order chi connectivity index (χ0) is 21.5. The summed E-state index contributed by atoms with van der Waals surface area (Å²) in [5.41, 5.74) is 3.81. The average Bonchev–Trinajstić information content (AvgIpc) is 2.79. The first-order chi connectivity index (χ1) is 15.0. The molecule has 0 unspecified atom stereocenters. The lowest BCUT2D eigenvalue weighted by Crippen LogP contribution is -2.07. The molecule has 150 valence electrons. The molecule has 4 nitrogen and oxygen atoms in total. The maximum absolute atomic E-state index is 13.3. The van der Waals surface area contributed by atoms with Gasteiger partial charge < -0.3 is 9.52 Å². The van der Waals surface area contributed by atoms with Crippen molar-refractivity contribution < 1.29 is 14.3 Å². The summed E-state index contributed by atoms with van der Waals surface area (Å²) in [6.45, 7) is 1.99. The van der Waals surface area contributed by atoms with E-state index in [0.29, 0.717) is 33.1 Å². The number of rotatable bonds is 3. The molecule has 0 bridgehead atoms. The minimum Gasteiger partial charge on any atom is -0.507 e. The molecule has 0 saturated heterocycles. The summed E-state index contributed by atoms with van der Waals surface area (Å²) in [6.07, 6.45) is 0. The maximum atomic E-state index is 13.3. The minimum absolute atomic E-state index is 0.102. The predicted molar refractivity (Wildman–Crippen MR) is 122 cm³/mol. The summed E-state index contributed by atoms with van der Waals surface area (Å²) in [7, 11) is 0. The molecular formula is C27H18O4. The van der Waals surface area contributed by atoms with E-state index in [1.807, 2.05) is 37.3 Å². The van der Waals surface area contributed by atoms with Gasteiger partial charge in [0.05, 0.1) is 16.3 Å². The van der Waals surface area contributed by atoms with Crippen molar-refractivity contribution in [2.45, 2.75) is 6.92 Å². The fourth-order valence-corrected chi connectivity index (χ4v) is 3.81. The van der Waals surface area contributed by atoms with Crippen molar-refractivity contribution in [3.63, 3.8) is 0 Å². The van der Waals surface area contributed by atoms with Crippen molar-refractivity contribution in [3.05, 3.63) is 112 Å². The van der Waals surface area contributed by atoms with Crippen molar-refractivity contribution in [1.82, 2.24) is 0 Å². The number of carbonyl (C=O) groups is 1. The third-order valence-corrected chi connectivity index (χ3v) is 5.45. The molecular weight excluding hydrogens is 388 g/mol. The minimum atomic E-state index is -0.360. The van der Waals surface area contributed by atoms with E-state index < -0.39 is 0 Å². The Morgan fingerprint density at radius 2 is 1.55 bits per heavy atom. The molecule has 0 spiro atoms. The maximum Gasteiger partial charge on any atom is 0.200 e. The number of aryl methyl sites for hydroxylation is 1. The summed E-state index contributed by atoms with van der Waals surface area (Å²) >= 11 is 0. The topological polar surface area (TPSA) is 67.5 Å². The Labute approximate surface area is 178 Å². The molecule has 0 aliphatic rings. The third-order valence-electron chi connectivity index (χ3n) is 5.45. The summed E-state index contributed by atoms with van der Waals surface area (Å²) in [4.78, 5) is 26.5. The number of carbonyl (C=O) groups excluding carboxylic acids is 1. The fourth-order valence-electron chi connectivity index (χ4n) is 3.81. The van der Waals surface area contributed by atoms with E-state index in [1.165, 1.54) is 6.07 Å². The van der Waals surface area contributed by atoms with Gasteiger partial charge in [-0.1, -0.05) is 54.1 Å². The van der Waals surface area contributed by atoms with Gasteiger partial charge in [0.15, 0.2) is 5.78 Å². The highest BCUT2D eigenvalue weighted by Gasteiger charge is 2.19. The van der Waals surface area contributed by atoms with Gasteiger partial charge in [-0.3, -0.25) is 9.59 Å². The number of hydrogen-bond donors (Lipinski definition) is 1. The van der Waals surface area contributed by atoms with Crippen LogP contribution in [0, 0.1) is 6.92 Å². The van der Waals surface area contributed by atoms with Crippen molar-refractivity contribution in [2.75, 3.05) is 0 Å². The van der Waals surface area contributed by atoms with Crippen LogP contribution in [0.15, 0.2) is 94.1 Å². The number of para-hydroxylation sites is 2. The van der Waals surface area contributed by atoms with Gasteiger partial charge in [-0.2, -0.15) is 0 Å². The number of hydrogen-bond acceptors (Lipinski definition) is 4. The molecule has 4 aromatic carbocycles. The highest BCUT2D eigenvalue weighted by molar-refractivity contribution is 6.14. The molecule has 1 N–H and O–H groups in total. The summed E-state index contributed by atoms with van der Waals surface area (Å²) < 4.78 is 6.15. The molecule has 1 aromatic heterocycles. The van der Waals surface area contributed by atoms with Crippen LogP contribution in [-0.4, -0.2) is 10.9 Å². The summed E-state index contributed by atoms with van der Waals surface area (Å²) in [5.74, 6) is -0.462. The van der Waals surface area contributed by atoms with Gasteiger partial charge in [0, 0.05) is 11.1 Å². The molecule has 5 rings (SSSR count). The lowest BCUT2D eigenvalue weighted by Gasteiger charge is -2.11. The largest absolute Gasteiger partial charge is 0.507 e. The van der Waals surface area contributed by atoms with Crippen molar-refractivity contribution in [2.24, 2.45) is 0 Å².